The second-order valence-corrected chi connectivity index (χ2v) is 3.00. The summed E-state index contributed by atoms with van der Waals surface area (Å²) >= 11 is 1.18. The first-order valence-corrected chi connectivity index (χ1v) is 4.38. The van der Waals surface area contributed by atoms with Crippen molar-refractivity contribution < 1.29 is 14.5 Å². The Kier molecular flexibility index (Phi) is 6.18. The topological polar surface area (TPSA) is 52.4 Å². The molecular formula is C7H11NO3S. The van der Waals surface area contributed by atoms with Crippen molar-refractivity contribution in [2.45, 2.75) is 6.92 Å². The molecule has 0 aliphatic rings. The van der Waals surface area contributed by atoms with Crippen LogP contribution in [0.2, 0.25) is 0 Å². The molecule has 0 aromatic heterocycles. The molecule has 0 aromatic carbocycles. The van der Waals surface area contributed by atoms with Gasteiger partial charge >= 0.3 is 0 Å². The second kappa shape index (κ2) is 6.72. The number of hydrogen-bond donors (Lipinski definition) is 0. The molecule has 4 nitrogen and oxygen atoms in total. The summed E-state index contributed by atoms with van der Waals surface area (Å²) < 4.78 is 0. The fourth-order valence-corrected chi connectivity index (χ4v) is 0.902. The van der Waals surface area contributed by atoms with Gasteiger partial charge in [-0.3, -0.25) is 10.0 Å². The van der Waals surface area contributed by atoms with Crippen molar-refractivity contribution in [2.24, 2.45) is 0 Å². The summed E-state index contributed by atoms with van der Waals surface area (Å²) in [6.07, 6.45) is 3.79. The average Bonchev–Trinajstić information content (AvgIpc) is 2.04. The molecule has 0 heterocycles. The van der Waals surface area contributed by atoms with Crippen LogP contribution in [0.3, 0.4) is 0 Å². The van der Waals surface area contributed by atoms with Crippen molar-refractivity contribution in [3.05, 3.63) is 17.4 Å². The fraction of sp³-hybridized carbons (Fsp3) is 0.429. The van der Waals surface area contributed by atoms with Crippen LogP contribution >= 0.6 is 11.8 Å². The van der Waals surface area contributed by atoms with Crippen LogP contribution in [-0.4, -0.2) is 29.1 Å². The average molecular weight is 189 g/mol. The second-order valence-electron chi connectivity index (χ2n) is 1.73. The predicted molar refractivity (Wildman–Crippen MR) is 49.0 cm³/mol. The molecule has 0 bridgehead atoms. The van der Waals surface area contributed by atoms with Crippen LogP contribution in [0.5, 0.6) is 0 Å². The van der Waals surface area contributed by atoms with Crippen molar-refractivity contribution >= 4 is 23.1 Å². The zero-order chi connectivity index (χ0) is 9.40. The zero-order valence-electron chi connectivity index (χ0n) is 7.02. The molecule has 12 heavy (non-hydrogen) atoms. The molecule has 0 aliphatic heterocycles. The van der Waals surface area contributed by atoms with E-state index in [0.717, 1.165) is 12.0 Å². The Morgan fingerprint density at radius 1 is 1.75 bits per heavy atom. The van der Waals surface area contributed by atoms with E-state index in [2.05, 4.69) is 4.84 Å². The highest BCUT2D eigenvalue weighted by molar-refractivity contribution is 8.14. The molecule has 5 heteroatoms. The van der Waals surface area contributed by atoms with Crippen LogP contribution in [0.1, 0.15) is 6.92 Å². The Labute approximate surface area is 75.4 Å². The summed E-state index contributed by atoms with van der Waals surface area (Å²) in [5, 5.41) is 10.3. The Bertz CT molecular complexity index is 201. The fourth-order valence-electron chi connectivity index (χ4n) is 0.443. The molecule has 0 aliphatic carbocycles. The molecule has 0 N–H and O–H groups in total. The highest BCUT2D eigenvalue weighted by atomic mass is 32.2. The highest BCUT2D eigenvalue weighted by Crippen LogP contribution is 2.00. The number of hydrogen-bond acceptors (Lipinski definition) is 4. The number of nitrogens with zero attached hydrogens (tertiary/aromatic N) is 1. The molecule has 0 fully saturated rings. The molecular weight excluding hydrogens is 178 g/mol. The zero-order valence-corrected chi connectivity index (χ0v) is 7.84. The smallest absolute Gasteiger partial charge is 0.233 e. The van der Waals surface area contributed by atoms with Crippen LogP contribution in [0.15, 0.2) is 12.2 Å². The first-order valence-electron chi connectivity index (χ1n) is 3.39. The van der Waals surface area contributed by atoms with Gasteiger partial charge in [0.25, 0.3) is 0 Å². The minimum Gasteiger partial charge on any atom is -0.407 e. The molecule has 0 saturated heterocycles. The molecule has 0 spiro atoms. The van der Waals surface area contributed by atoms with E-state index in [9.17, 15) is 10.0 Å². The molecule has 0 amide bonds. The third-order valence-electron chi connectivity index (χ3n) is 0.907. The van der Waals surface area contributed by atoms with Gasteiger partial charge < -0.3 is 4.84 Å². The Morgan fingerprint density at radius 2 is 2.42 bits per heavy atom. The van der Waals surface area contributed by atoms with Crippen LogP contribution < -0.4 is 0 Å². The van der Waals surface area contributed by atoms with Gasteiger partial charge in [0.15, 0.2) is 0 Å². The number of carbonyl (C=O) groups excluding carboxylic acids is 1. The van der Waals surface area contributed by atoms with E-state index in [-0.39, 0.29) is 10.0 Å². The lowest BCUT2D eigenvalue weighted by molar-refractivity contribution is -0.729. The van der Waals surface area contributed by atoms with Gasteiger partial charge in [0.05, 0.1) is 0 Å². The van der Waals surface area contributed by atoms with Crippen LogP contribution in [0, 0.1) is 5.21 Å². The highest BCUT2D eigenvalue weighted by Gasteiger charge is 1.92. The summed E-state index contributed by atoms with van der Waals surface area (Å²) in [4.78, 5) is 15.3. The van der Waals surface area contributed by atoms with Crippen molar-refractivity contribution in [2.75, 3.05) is 12.9 Å². The van der Waals surface area contributed by atoms with Gasteiger partial charge in [-0.05, 0) is 11.8 Å². The number of thioether (sulfide) groups is 1. The summed E-state index contributed by atoms with van der Waals surface area (Å²) in [6, 6.07) is 0. The number of rotatable bonds is 4. The summed E-state index contributed by atoms with van der Waals surface area (Å²) in [6.45, 7) is 1.88. The van der Waals surface area contributed by atoms with Gasteiger partial charge in [0.2, 0.25) is 11.3 Å². The summed E-state index contributed by atoms with van der Waals surface area (Å²) in [5.74, 6) is 0.731. The maximum atomic E-state index is 10.8. The maximum Gasteiger partial charge on any atom is 0.233 e. The summed E-state index contributed by atoms with van der Waals surface area (Å²) in [7, 11) is 1.25. The number of carbonyl (C=O) groups is 1. The summed E-state index contributed by atoms with van der Waals surface area (Å²) in [5.41, 5.74) is 0. The maximum absolute atomic E-state index is 10.8. The quantitative estimate of drug-likeness (QED) is 0.286. The van der Waals surface area contributed by atoms with Gasteiger partial charge in [-0.25, -0.2) is 0 Å². The lowest BCUT2D eigenvalue weighted by Crippen LogP contribution is -2.00. The lowest BCUT2D eigenvalue weighted by atomic mass is 10.5. The molecule has 0 radical (unpaired) electrons. The number of allylic oxidation sites excluding steroid dienone is 1. The van der Waals surface area contributed by atoms with Crippen molar-refractivity contribution in [3.8, 4) is 0 Å². The van der Waals surface area contributed by atoms with Crippen molar-refractivity contribution in [1.29, 1.82) is 0 Å². The Hall–Kier alpha value is -0.970. The van der Waals surface area contributed by atoms with E-state index in [0.29, 0.717) is 0 Å². The van der Waals surface area contributed by atoms with E-state index >= 15 is 0 Å². The van der Waals surface area contributed by atoms with Gasteiger partial charge in [-0.1, -0.05) is 18.7 Å². The lowest BCUT2D eigenvalue weighted by Gasteiger charge is -1.92. The van der Waals surface area contributed by atoms with E-state index in [1.807, 2.05) is 6.92 Å². The van der Waals surface area contributed by atoms with E-state index in [1.165, 1.54) is 31.0 Å². The van der Waals surface area contributed by atoms with Crippen LogP contribution in [0.4, 0.5) is 0 Å². The first-order chi connectivity index (χ1) is 5.70. The molecule has 0 rings (SSSR count). The first kappa shape index (κ1) is 11.0. The van der Waals surface area contributed by atoms with Gasteiger partial charge in [0.1, 0.15) is 0 Å². The largest absolute Gasteiger partial charge is 0.407 e. The van der Waals surface area contributed by atoms with Crippen molar-refractivity contribution in [1.82, 2.24) is 0 Å². The molecule has 0 aromatic rings. The van der Waals surface area contributed by atoms with E-state index in [4.69, 9.17) is 0 Å². The Morgan fingerprint density at radius 3 is 2.92 bits per heavy atom. The minimum atomic E-state index is -0.0711. The van der Waals surface area contributed by atoms with Crippen LogP contribution in [-0.2, 0) is 9.63 Å². The normalized spacial score (nSPS) is 12.0. The SMILES string of the molecule is CCSC(=O)/C=C\C=[N+](/[O-])OC. The Balaban J connectivity index is 3.83. The van der Waals surface area contributed by atoms with Gasteiger partial charge in [0, 0.05) is 18.1 Å². The standard InChI is InChI=1S/C7H11NO3S/c1-3-12-7(9)5-4-6-8(10)11-2/h4-6H,3H2,1-2H3/b5-4-,8-6+. The van der Waals surface area contributed by atoms with E-state index in [1.54, 1.807) is 0 Å². The molecule has 0 atom stereocenters. The third-order valence-corrected chi connectivity index (χ3v) is 1.62. The molecule has 0 saturated carbocycles. The van der Waals surface area contributed by atoms with Gasteiger partial charge in [-0.2, -0.15) is 0 Å². The van der Waals surface area contributed by atoms with Crippen LogP contribution in [0.25, 0.3) is 0 Å². The van der Waals surface area contributed by atoms with Gasteiger partial charge in [-0.15, -0.1) is 0 Å². The third kappa shape index (κ3) is 5.79. The van der Waals surface area contributed by atoms with E-state index < -0.39 is 0 Å². The predicted octanol–water partition coefficient (Wildman–Crippen LogP) is 0.965. The van der Waals surface area contributed by atoms with Crippen molar-refractivity contribution in [3.63, 3.8) is 0 Å². The molecule has 0 unspecified atom stereocenters. The minimum absolute atomic E-state index is 0.0711. The molecule has 68 valence electrons. The monoisotopic (exact) mass is 189 g/mol.